The van der Waals surface area contributed by atoms with E-state index in [-0.39, 0.29) is 123 Å². The molecule has 2 fully saturated rings. The topological polar surface area (TPSA) is 196 Å². The van der Waals surface area contributed by atoms with E-state index in [1.54, 1.807) is 59.6 Å². The van der Waals surface area contributed by atoms with E-state index in [0.717, 1.165) is 16.7 Å². The summed E-state index contributed by atoms with van der Waals surface area (Å²) in [6, 6.07) is 37.7. The molecule has 4 aliphatic heterocycles. The summed E-state index contributed by atoms with van der Waals surface area (Å²) in [5, 5.41) is 11.6. The maximum atomic E-state index is 14.4. The van der Waals surface area contributed by atoms with Gasteiger partial charge in [-0.3, -0.25) is 19.6 Å². The lowest BCUT2D eigenvalue weighted by atomic mass is 9.99. The number of benzene rings is 6. The molecule has 0 saturated carbocycles. The van der Waals surface area contributed by atoms with Crippen LogP contribution in [-0.2, 0) is 46.8 Å². The minimum atomic E-state index is -4.23. The number of amides is 2. The number of phenols is 1. The van der Waals surface area contributed by atoms with Crippen LogP contribution in [0.2, 0.25) is 0 Å². The molecule has 0 aliphatic carbocycles. The fourth-order valence-corrected chi connectivity index (χ4v) is 12.7. The first-order chi connectivity index (χ1) is 39.0. The Hall–Kier alpha value is -8.12. The standard InChI is InChI=1S/C36H33FN4O5S.C23H23FN4O5S.CH4/c1-39-19-21-41(22-20-39)47(43,44)46-34-29-13-8-18-38-32(29)35(45-33(26-9-4-2-5-10-26)27-11-6-3-7-12-27)31-30(34)24-40(36(31)42)23-25-14-16-28(37)17-15-25;1-26-9-11-28(12-10-26)34(31,32)33-22-17-3-2-8-25-20(17)21(29)19-18(22)14-27(23(19)30)13-15-4-6-16(24)7-5-15;/h2-18,33H,19-24H2,1H3;2-8,29H,9-14H2,1H3;1H4. The van der Waals surface area contributed by atoms with Crippen LogP contribution in [-0.4, -0.2) is 138 Å². The molecule has 18 nitrogen and oxygen atoms in total. The highest BCUT2D eigenvalue weighted by Gasteiger charge is 2.41. The van der Waals surface area contributed by atoms with Crippen molar-refractivity contribution in [1.29, 1.82) is 0 Å². The molecular formula is C60H60F2N8O10S2. The Morgan fingerprint density at radius 2 is 0.927 bits per heavy atom. The Kier molecular flexibility index (Phi) is 16.6. The van der Waals surface area contributed by atoms with Gasteiger partial charge in [0.25, 0.3) is 11.8 Å². The average molecular weight is 1160 g/mol. The third kappa shape index (κ3) is 11.7. The predicted molar refractivity (Wildman–Crippen MR) is 304 cm³/mol. The SMILES string of the molecule is C.CN1CCN(S(=O)(=O)Oc2c3c(c(O)c4ncccc24)C(=O)N(Cc2ccc(F)cc2)C3)CC1.CN1CCN(S(=O)(=O)Oc2c3c(c(OC(c4ccccc4)c4ccccc4)c4ncccc24)C(=O)N(Cc2ccc(F)cc2)C3)CC1. The largest absolute Gasteiger partial charge is 0.505 e. The number of rotatable bonds is 14. The normalized spacial score (nSPS) is 16.2. The fourth-order valence-electron chi connectivity index (χ4n) is 10.4. The summed E-state index contributed by atoms with van der Waals surface area (Å²) in [5.41, 5.74) is 4.37. The summed E-state index contributed by atoms with van der Waals surface area (Å²) in [6.45, 7) is 3.82. The third-order valence-electron chi connectivity index (χ3n) is 14.8. The van der Waals surface area contributed by atoms with Crippen molar-refractivity contribution >= 4 is 54.2 Å². The van der Waals surface area contributed by atoms with Crippen molar-refractivity contribution < 1.29 is 53.4 Å². The van der Waals surface area contributed by atoms with Crippen molar-refractivity contribution in [1.82, 2.24) is 38.2 Å². The van der Waals surface area contributed by atoms with Gasteiger partial charge in [0.1, 0.15) is 28.8 Å². The van der Waals surface area contributed by atoms with Gasteiger partial charge >= 0.3 is 20.6 Å². The van der Waals surface area contributed by atoms with E-state index in [1.165, 1.54) is 44.0 Å². The quantitative estimate of drug-likeness (QED) is 0.109. The molecule has 22 heteroatoms. The van der Waals surface area contributed by atoms with Crippen molar-refractivity contribution in [3.63, 3.8) is 0 Å². The van der Waals surface area contributed by atoms with Gasteiger partial charge in [0.05, 0.1) is 24.2 Å². The molecule has 6 aromatic carbocycles. The second kappa shape index (κ2) is 23.8. The Morgan fingerprint density at radius 3 is 1.38 bits per heavy atom. The number of fused-ring (bicyclic) bond motifs is 4. The molecule has 2 amide bonds. The lowest BCUT2D eigenvalue weighted by molar-refractivity contribution is 0.0756. The number of pyridine rings is 2. The van der Waals surface area contributed by atoms with Crippen LogP contribution in [0.5, 0.6) is 23.0 Å². The lowest BCUT2D eigenvalue weighted by Crippen LogP contribution is -2.48. The van der Waals surface area contributed by atoms with E-state index in [4.69, 9.17) is 13.1 Å². The van der Waals surface area contributed by atoms with E-state index in [9.17, 15) is 40.3 Å². The smallest absolute Gasteiger partial charge is 0.385 e. The van der Waals surface area contributed by atoms with E-state index in [0.29, 0.717) is 53.6 Å². The number of carbonyl (C=O) groups is 2. The molecule has 426 valence electrons. The molecule has 0 spiro atoms. The van der Waals surface area contributed by atoms with Crippen LogP contribution in [0.25, 0.3) is 21.8 Å². The van der Waals surface area contributed by atoms with Gasteiger partial charge in [0.2, 0.25) is 0 Å². The number of hydrogen-bond acceptors (Lipinski definition) is 14. The maximum Gasteiger partial charge on any atom is 0.385 e. The minimum absolute atomic E-state index is 0. The van der Waals surface area contributed by atoms with Crippen LogP contribution in [0, 0.1) is 11.6 Å². The molecule has 6 heterocycles. The monoisotopic (exact) mass is 1150 g/mol. The molecule has 1 N–H and O–H groups in total. The third-order valence-corrected chi connectivity index (χ3v) is 17.6. The van der Waals surface area contributed by atoms with Crippen LogP contribution in [0.15, 0.2) is 146 Å². The molecular weight excluding hydrogens is 1090 g/mol. The second-order valence-electron chi connectivity index (χ2n) is 20.2. The van der Waals surface area contributed by atoms with Gasteiger partial charge in [-0.25, -0.2) is 8.78 Å². The number of hydrogen-bond donors (Lipinski definition) is 1. The molecule has 2 aromatic heterocycles. The van der Waals surface area contributed by atoms with Crippen molar-refractivity contribution in [2.75, 3.05) is 66.5 Å². The van der Waals surface area contributed by atoms with E-state index in [2.05, 4.69) is 14.9 Å². The number of aromatic hydroxyl groups is 1. The van der Waals surface area contributed by atoms with Crippen molar-refractivity contribution in [3.8, 4) is 23.0 Å². The minimum Gasteiger partial charge on any atom is -0.505 e. The van der Waals surface area contributed by atoms with Crippen molar-refractivity contribution in [2.45, 2.75) is 39.7 Å². The number of aromatic nitrogens is 2. The zero-order chi connectivity index (χ0) is 56.6. The summed E-state index contributed by atoms with van der Waals surface area (Å²) in [7, 11) is -4.53. The van der Waals surface area contributed by atoms with Crippen LogP contribution in [0.1, 0.15) is 67.6 Å². The Balaban J connectivity index is 0.000000191. The van der Waals surface area contributed by atoms with Crippen LogP contribution in [0.4, 0.5) is 8.78 Å². The van der Waals surface area contributed by atoms with E-state index >= 15 is 0 Å². The summed E-state index contributed by atoms with van der Waals surface area (Å²) in [5.74, 6) is -1.65. The predicted octanol–water partition coefficient (Wildman–Crippen LogP) is 8.31. The van der Waals surface area contributed by atoms with Gasteiger partial charge < -0.3 is 37.8 Å². The Bertz CT molecular complexity index is 3850. The number of piperazine rings is 2. The van der Waals surface area contributed by atoms with Crippen LogP contribution < -0.4 is 13.1 Å². The molecule has 82 heavy (non-hydrogen) atoms. The summed E-state index contributed by atoms with van der Waals surface area (Å²) in [6.07, 6.45) is 2.42. The van der Waals surface area contributed by atoms with Crippen molar-refractivity contribution in [2.24, 2.45) is 0 Å². The first-order valence-electron chi connectivity index (χ1n) is 26.2. The van der Waals surface area contributed by atoms with Gasteiger partial charge in [-0.2, -0.15) is 25.4 Å². The van der Waals surface area contributed by atoms with E-state index < -0.39 is 32.6 Å². The second-order valence-corrected chi connectivity index (χ2v) is 23.3. The zero-order valence-electron chi connectivity index (χ0n) is 44.2. The van der Waals surface area contributed by atoms with Crippen LogP contribution in [0.3, 0.4) is 0 Å². The number of halogens is 2. The molecule has 12 rings (SSSR count). The average Bonchev–Trinajstić information content (AvgIpc) is 3.09. The number of phenolic OH excluding ortho intramolecular Hbond substituents is 1. The van der Waals surface area contributed by atoms with Gasteiger partial charge in [0, 0.05) is 99.7 Å². The highest BCUT2D eigenvalue weighted by Crippen LogP contribution is 2.48. The fraction of sp³-hybridized carbons (Fsp3) is 0.267. The molecule has 4 aliphatic rings. The van der Waals surface area contributed by atoms with Gasteiger partial charge in [0.15, 0.2) is 23.0 Å². The highest BCUT2D eigenvalue weighted by atomic mass is 32.2. The molecule has 0 unspecified atom stereocenters. The summed E-state index contributed by atoms with van der Waals surface area (Å²) >= 11 is 0. The first kappa shape index (κ1) is 57.1. The molecule has 0 radical (unpaired) electrons. The molecule has 0 atom stereocenters. The number of carbonyl (C=O) groups excluding carboxylic acids is 2. The van der Waals surface area contributed by atoms with Crippen LogP contribution >= 0.6 is 0 Å². The number of nitrogens with zero attached hydrogens (tertiary/aromatic N) is 8. The zero-order valence-corrected chi connectivity index (χ0v) is 45.8. The maximum absolute atomic E-state index is 14.4. The van der Waals surface area contributed by atoms with Gasteiger partial charge in [-0.1, -0.05) is 92.4 Å². The molecule has 0 bridgehead atoms. The van der Waals surface area contributed by atoms with Gasteiger partial charge in [-0.05, 0) is 84.9 Å². The first-order valence-corrected chi connectivity index (χ1v) is 28.9. The Labute approximate surface area is 474 Å². The van der Waals surface area contributed by atoms with Gasteiger partial charge in [-0.15, -0.1) is 0 Å². The summed E-state index contributed by atoms with van der Waals surface area (Å²) < 4.78 is 102. The summed E-state index contributed by atoms with van der Waals surface area (Å²) in [4.78, 5) is 43.5. The molecule has 8 aromatic rings. The number of ether oxygens (including phenoxy) is 1. The lowest BCUT2D eigenvalue weighted by Gasteiger charge is -2.31. The van der Waals surface area contributed by atoms with E-state index in [1.807, 2.05) is 79.7 Å². The highest BCUT2D eigenvalue weighted by molar-refractivity contribution is 7.85. The van der Waals surface area contributed by atoms with Crippen molar-refractivity contribution in [3.05, 3.63) is 202 Å². The molecule has 2 saturated heterocycles. The number of likely N-dealkylation sites (N-methyl/N-ethyl adjacent to an activating group) is 2. The Morgan fingerprint density at radius 1 is 0.524 bits per heavy atom.